The minimum absolute atomic E-state index is 0.0161. The van der Waals surface area contributed by atoms with Gasteiger partial charge in [0.2, 0.25) is 5.91 Å². The molecule has 2 aliphatic heterocycles. The fraction of sp³-hybridized carbons (Fsp3) is 0.667. The molecule has 28 heavy (non-hydrogen) atoms. The Morgan fingerprint density at radius 3 is 2.79 bits per heavy atom. The molecular formula is C18H24ClF3N4O2. The van der Waals surface area contributed by atoms with E-state index in [4.69, 9.17) is 16.3 Å². The van der Waals surface area contributed by atoms with Crippen LogP contribution in [0.1, 0.15) is 24.8 Å². The Bertz CT molecular complexity index is 683. The predicted molar refractivity (Wildman–Crippen MR) is 99.5 cm³/mol. The summed E-state index contributed by atoms with van der Waals surface area (Å²) in [6.07, 6.45) is -0.790. The fourth-order valence-electron chi connectivity index (χ4n) is 3.45. The van der Waals surface area contributed by atoms with Gasteiger partial charge in [-0.25, -0.2) is 4.98 Å². The number of ether oxygens (including phenoxy) is 1. The molecule has 0 spiro atoms. The summed E-state index contributed by atoms with van der Waals surface area (Å²) in [7, 11) is 0. The summed E-state index contributed by atoms with van der Waals surface area (Å²) in [5.74, 6) is 0.300. The smallest absolute Gasteiger partial charge is 0.376 e. The van der Waals surface area contributed by atoms with Crippen molar-refractivity contribution >= 4 is 23.3 Å². The van der Waals surface area contributed by atoms with E-state index in [-0.39, 0.29) is 23.6 Å². The summed E-state index contributed by atoms with van der Waals surface area (Å²) in [5.41, 5.74) is -0.861. The first-order valence-corrected chi connectivity index (χ1v) is 9.79. The zero-order valence-corrected chi connectivity index (χ0v) is 16.2. The molecule has 1 aromatic rings. The van der Waals surface area contributed by atoms with Crippen molar-refractivity contribution in [2.24, 2.45) is 0 Å². The van der Waals surface area contributed by atoms with Crippen LogP contribution in [0.3, 0.4) is 0 Å². The molecule has 3 heterocycles. The normalized spacial score (nSPS) is 21.6. The van der Waals surface area contributed by atoms with Crippen molar-refractivity contribution in [3.63, 3.8) is 0 Å². The van der Waals surface area contributed by atoms with E-state index in [1.807, 2.05) is 9.80 Å². The van der Waals surface area contributed by atoms with E-state index in [1.54, 1.807) is 0 Å². The van der Waals surface area contributed by atoms with E-state index < -0.39 is 11.7 Å². The first kappa shape index (κ1) is 21.1. The summed E-state index contributed by atoms with van der Waals surface area (Å²) in [4.78, 5) is 20.0. The molecule has 0 radical (unpaired) electrons. The van der Waals surface area contributed by atoms with Crippen LogP contribution in [0.2, 0.25) is 5.02 Å². The van der Waals surface area contributed by atoms with Gasteiger partial charge in [0.1, 0.15) is 5.82 Å². The number of carbonyl (C=O) groups excluding carboxylic acids is 1. The van der Waals surface area contributed by atoms with Gasteiger partial charge in [-0.2, -0.15) is 13.2 Å². The van der Waals surface area contributed by atoms with Crippen molar-refractivity contribution in [1.82, 2.24) is 15.2 Å². The van der Waals surface area contributed by atoms with Crippen LogP contribution in [0.5, 0.6) is 0 Å². The second-order valence-corrected chi connectivity index (χ2v) is 7.49. The molecule has 0 aromatic carbocycles. The first-order chi connectivity index (χ1) is 13.3. The minimum atomic E-state index is -4.47. The predicted octanol–water partition coefficient (Wildman–Crippen LogP) is 2.56. The lowest BCUT2D eigenvalue weighted by Gasteiger charge is -2.24. The lowest BCUT2D eigenvalue weighted by atomic mass is 10.2. The third kappa shape index (κ3) is 5.71. The molecule has 156 valence electrons. The molecule has 1 aromatic heterocycles. The van der Waals surface area contributed by atoms with Crippen LogP contribution in [-0.4, -0.2) is 67.8 Å². The second-order valence-electron chi connectivity index (χ2n) is 7.08. The molecule has 2 fully saturated rings. The van der Waals surface area contributed by atoms with Crippen molar-refractivity contribution in [3.8, 4) is 0 Å². The zero-order valence-electron chi connectivity index (χ0n) is 15.5. The van der Waals surface area contributed by atoms with E-state index in [0.29, 0.717) is 32.0 Å². The van der Waals surface area contributed by atoms with E-state index >= 15 is 0 Å². The lowest BCUT2D eigenvalue weighted by Crippen LogP contribution is -2.41. The minimum Gasteiger partial charge on any atom is -0.376 e. The van der Waals surface area contributed by atoms with E-state index in [1.165, 1.54) is 0 Å². The topological polar surface area (TPSA) is 57.7 Å². The van der Waals surface area contributed by atoms with Crippen molar-refractivity contribution < 1.29 is 22.7 Å². The number of nitrogens with zero attached hydrogens (tertiary/aromatic N) is 3. The number of anilines is 1. The summed E-state index contributed by atoms with van der Waals surface area (Å²) >= 11 is 6.05. The molecule has 2 saturated heterocycles. The molecule has 0 bridgehead atoms. The van der Waals surface area contributed by atoms with Crippen molar-refractivity contribution in [3.05, 3.63) is 22.8 Å². The number of hydrogen-bond acceptors (Lipinski definition) is 5. The third-order valence-corrected chi connectivity index (χ3v) is 5.23. The van der Waals surface area contributed by atoms with Crippen molar-refractivity contribution in [2.75, 3.05) is 50.8 Å². The molecule has 3 rings (SSSR count). The van der Waals surface area contributed by atoms with Crippen LogP contribution in [0.15, 0.2) is 12.3 Å². The SMILES string of the molecule is O=C(CN1CCCN(c2ncc(C(F)(F)F)cc2Cl)CC1)NC[C@@H]1CCCO1. The maximum Gasteiger partial charge on any atom is 0.417 e. The van der Waals surface area contributed by atoms with Gasteiger partial charge in [-0.15, -0.1) is 0 Å². The molecule has 0 aliphatic carbocycles. The monoisotopic (exact) mass is 420 g/mol. The zero-order chi connectivity index (χ0) is 20.1. The highest BCUT2D eigenvalue weighted by Gasteiger charge is 2.32. The Morgan fingerprint density at radius 2 is 2.11 bits per heavy atom. The Morgan fingerprint density at radius 1 is 1.29 bits per heavy atom. The van der Waals surface area contributed by atoms with Gasteiger partial charge in [-0.05, 0) is 25.3 Å². The van der Waals surface area contributed by atoms with Crippen LogP contribution in [0.25, 0.3) is 0 Å². The van der Waals surface area contributed by atoms with Gasteiger partial charge in [-0.1, -0.05) is 11.6 Å². The van der Waals surface area contributed by atoms with Crippen molar-refractivity contribution in [1.29, 1.82) is 0 Å². The quantitative estimate of drug-likeness (QED) is 0.793. The molecule has 0 unspecified atom stereocenters. The number of hydrogen-bond donors (Lipinski definition) is 1. The Hall–Kier alpha value is -1.58. The van der Waals surface area contributed by atoms with Crippen LogP contribution < -0.4 is 10.2 Å². The highest BCUT2D eigenvalue weighted by atomic mass is 35.5. The lowest BCUT2D eigenvalue weighted by molar-refractivity contribution is -0.137. The van der Waals surface area contributed by atoms with Gasteiger partial charge in [0.05, 0.1) is 23.2 Å². The Balaban J connectivity index is 1.51. The summed E-state index contributed by atoms with van der Waals surface area (Å²) in [6, 6.07) is 0.908. The summed E-state index contributed by atoms with van der Waals surface area (Å²) in [5, 5.41) is 2.89. The summed E-state index contributed by atoms with van der Waals surface area (Å²) < 4.78 is 43.8. The molecule has 10 heteroatoms. The summed E-state index contributed by atoms with van der Waals surface area (Å²) in [6.45, 7) is 4.05. The number of carbonyl (C=O) groups is 1. The van der Waals surface area contributed by atoms with Gasteiger partial charge in [-0.3, -0.25) is 9.69 Å². The number of pyridine rings is 1. The van der Waals surface area contributed by atoms with Crippen LogP contribution in [-0.2, 0) is 15.7 Å². The number of rotatable bonds is 5. The maximum absolute atomic E-state index is 12.8. The van der Waals surface area contributed by atoms with E-state index in [9.17, 15) is 18.0 Å². The van der Waals surface area contributed by atoms with Crippen LogP contribution in [0, 0.1) is 0 Å². The largest absolute Gasteiger partial charge is 0.417 e. The number of aromatic nitrogens is 1. The second kappa shape index (κ2) is 9.28. The number of halogens is 4. The molecule has 0 saturated carbocycles. The fourth-order valence-corrected chi connectivity index (χ4v) is 3.74. The van der Waals surface area contributed by atoms with Crippen LogP contribution in [0.4, 0.5) is 19.0 Å². The highest BCUT2D eigenvalue weighted by molar-refractivity contribution is 6.33. The van der Waals surface area contributed by atoms with Gasteiger partial charge < -0.3 is 15.0 Å². The highest BCUT2D eigenvalue weighted by Crippen LogP contribution is 2.33. The van der Waals surface area contributed by atoms with Gasteiger partial charge in [0.15, 0.2) is 0 Å². The van der Waals surface area contributed by atoms with Gasteiger partial charge in [0.25, 0.3) is 0 Å². The third-order valence-electron chi connectivity index (χ3n) is 4.96. The van der Waals surface area contributed by atoms with E-state index in [2.05, 4.69) is 10.3 Å². The number of amides is 1. The maximum atomic E-state index is 12.8. The molecule has 2 aliphatic rings. The number of alkyl halides is 3. The van der Waals surface area contributed by atoms with Gasteiger partial charge in [0, 0.05) is 45.5 Å². The molecular weight excluding hydrogens is 397 g/mol. The number of nitrogens with one attached hydrogen (secondary N) is 1. The molecule has 1 amide bonds. The average molecular weight is 421 g/mol. The molecule has 1 N–H and O–H groups in total. The standard InChI is InChI=1S/C18H24ClF3N4O2/c19-15-9-13(18(20,21)22)10-24-17(15)26-5-2-4-25(6-7-26)12-16(27)23-11-14-3-1-8-28-14/h9-10,14H,1-8,11-12H2,(H,23,27)/t14-/m0/s1. The molecule has 6 nitrogen and oxygen atoms in total. The van der Waals surface area contributed by atoms with Crippen LogP contribution >= 0.6 is 11.6 Å². The van der Waals surface area contributed by atoms with E-state index in [0.717, 1.165) is 44.7 Å². The Labute approximate surface area is 167 Å². The first-order valence-electron chi connectivity index (χ1n) is 9.41. The van der Waals surface area contributed by atoms with Gasteiger partial charge >= 0.3 is 6.18 Å². The van der Waals surface area contributed by atoms with Crippen molar-refractivity contribution in [2.45, 2.75) is 31.5 Å². The molecule has 1 atom stereocenters. The Kier molecular flexibility index (Phi) is 7.00. The average Bonchev–Trinajstić information content (AvgIpc) is 3.05.